The fourth-order valence-corrected chi connectivity index (χ4v) is 6.39. The average Bonchev–Trinajstić information content (AvgIpc) is 2.59. The van der Waals surface area contributed by atoms with Gasteiger partial charge in [-0.25, -0.2) is 0 Å². The minimum atomic E-state index is -0.471. The first kappa shape index (κ1) is 19.7. The molecule has 0 aromatic heterocycles. The van der Waals surface area contributed by atoms with Crippen LogP contribution in [0, 0.1) is 17.3 Å². The molecule has 1 aromatic carbocycles. The van der Waals surface area contributed by atoms with Crippen LogP contribution >= 0.6 is 0 Å². The summed E-state index contributed by atoms with van der Waals surface area (Å²) in [6, 6.07) is 5.20. The predicted octanol–water partition coefficient (Wildman–Crippen LogP) is 3.07. The molecule has 0 aliphatic heterocycles. The van der Waals surface area contributed by atoms with E-state index in [0.717, 1.165) is 32.1 Å². The number of carbonyl (C=O) groups is 3. The molecule has 156 valence electrons. The van der Waals surface area contributed by atoms with Crippen LogP contribution in [0.3, 0.4) is 0 Å². The highest BCUT2D eigenvalue weighted by Gasteiger charge is 2.60. The average molecular weight is 399 g/mol. The second kappa shape index (κ2) is 7.04. The first-order valence-electron chi connectivity index (χ1n) is 10.3. The lowest BCUT2D eigenvalue weighted by Crippen LogP contribution is -2.65. The van der Waals surface area contributed by atoms with Crippen LogP contribution in [-0.2, 0) is 14.4 Å². The largest absolute Gasteiger partial charge is 0.495 e. The molecule has 1 aromatic rings. The Morgan fingerprint density at radius 3 is 2.28 bits per heavy atom. The Hall–Kier alpha value is -2.57. The van der Waals surface area contributed by atoms with Gasteiger partial charge in [0.25, 0.3) is 0 Å². The Labute approximate surface area is 171 Å². The number of ether oxygens (including phenoxy) is 1. The monoisotopic (exact) mass is 399 g/mol. The molecular formula is C22H29N3O4. The van der Waals surface area contributed by atoms with E-state index >= 15 is 0 Å². The Bertz CT molecular complexity index is 852. The van der Waals surface area contributed by atoms with E-state index in [0.29, 0.717) is 35.4 Å². The molecule has 4 aliphatic rings. The van der Waals surface area contributed by atoms with Gasteiger partial charge in [0.1, 0.15) is 5.75 Å². The van der Waals surface area contributed by atoms with Crippen LogP contribution in [0.1, 0.15) is 52.4 Å². The van der Waals surface area contributed by atoms with Crippen LogP contribution in [-0.4, -0.2) is 30.4 Å². The van der Waals surface area contributed by atoms with Crippen molar-refractivity contribution in [2.24, 2.45) is 17.3 Å². The van der Waals surface area contributed by atoms with E-state index in [1.165, 1.54) is 6.92 Å². The standard InChI is InChI=1S/C22H29N3O4/c1-13(26)23-17-4-5-19(29-3)18(7-17)24-20(28)21-8-15-6-16(9-21)11-22(10-15,12-21)25-14(2)27/h4-5,7,15-16H,6,8-12H2,1-3H3,(H,23,26)(H,24,28)(H,25,27)/t15-,16-,21?,22?/m1/s1. The van der Waals surface area contributed by atoms with Crippen molar-refractivity contribution in [1.29, 1.82) is 0 Å². The van der Waals surface area contributed by atoms with Crippen molar-refractivity contribution in [2.45, 2.75) is 57.9 Å². The summed E-state index contributed by atoms with van der Waals surface area (Å²) in [6.45, 7) is 3.00. The van der Waals surface area contributed by atoms with Gasteiger partial charge >= 0.3 is 0 Å². The number of benzene rings is 1. The van der Waals surface area contributed by atoms with Crippen LogP contribution in [0.25, 0.3) is 0 Å². The predicted molar refractivity (Wildman–Crippen MR) is 110 cm³/mol. The zero-order chi connectivity index (χ0) is 20.8. The Balaban J connectivity index is 1.60. The molecule has 7 heteroatoms. The fourth-order valence-electron chi connectivity index (χ4n) is 6.39. The van der Waals surface area contributed by atoms with Crippen molar-refractivity contribution in [3.63, 3.8) is 0 Å². The van der Waals surface area contributed by atoms with Crippen LogP contribution in [0.2, 0.25) is 0 Å². The summed E-state index contributed by atoms with van der Waals surface area (Å²) in [5.74, 6) is 1.29. The minimum Gasteiger partial charge on any atom is -0.495 e. The number of hydrogen-bond donors (Lipinski definition) is 3. The first-order chi connectivity index (χ1) is 13.7. The molecular weight excluding hydrogens is 370 g/mol. The van der Waals surface area contributed by atoms with Gasteiger partial charge in [0.2, 0.25) is 17.7 Å². The first-order valence-corrected chi connectivity index (χ1v) is 10.3. The van der Waals surface area contributed by atoms with E-state index in [1.54, 1.807) is 32.2 Å². The van der Waals surface area contributed by atoms with Crippen molar-refractivity contribution in [1.82, 2.24) is 5.32 Å². The summed E-state index contributed by atoms with van der Waals surface area (Å²) < 4.78 is 5.41. The molecule has 3 amide bonds. The summed E-state index contributed by atoms with van der Waals surface area (Å²) in [7, 11) is 1.56. The number of methoxy groups -OCH3 is 1. The lowest BCUT2D eigenvalue weighted by Gasteiger charge is -2.61. The SMILES string of the molecule is COc1ccc(NC(C)=O)cc1NC(=O)C12C[C@H]3C[C@@H](CC(NC(C)=O)(C3)C1)C2. The van der Waals surface area contributed by atoms with Gasteiger partial charge in [-0.15, -0.1) is 0 Å². The second-order valence-corrected chi connectivity index (χ2v) is 9.25. The number of carbonyl (C=O) groups excluding carboxylic acids is 3. The quantitative estimate of drug-likeness (QED) is 0.709. The Kier molecular flexibility index (Phi) is 4.79. The lowest BCUT2D eigenvalue weighted by molar-refractivity contribution is -0.148. The number of amides is 3. The van der Waals surface area contributed by atoms with Crippen LogP contribution in [0.15, 0.2) is 18.2 Å². The highest BCUT2D eigenvalue weighted by atomic mass is 16.5. The van der Waals surface area contributed by atoms with Gasteiger partial charge in [0.05, 0.1) is 18.2 Å². The van der Waals surface area contributed by atoms with Crippen molar-refractivity contribution < 1.29 is 19.1 Å². The number of anilines is 2. The van der Waals surface area contributed by atoms with E-state index in [1.807, 2.05) is 0 Å². The summed E-state index contributed by atoms with van der Waals surface area (Å²) in [6.07, 6.45) is 5.51. The summed E-state index contributed by atoms with van der Waals surface area (Å²) in [4.78, 5) is 36.8. The highest BCUT2D eigenvalue weighted by molar-refractivity contribution is 5.98. The van der Waals surface area contributed by atoms with Crippen molar-refractivity contribution in [2.75, 3.05) is 17.7 Å². The zero-order valence-corrected chi connectivity index (χ0v) is 17.3. The number of nitrogens with one attached hydrogen (secondary N) is 3. The molecule has 7 nitrogen and oxygen atoms in total. The molecule has 29 heavy (non-hydrogen) atoms. The second-order valence-electron chi connectivity index (χ2n) is 9.25. The van der Waals surface area contributed by atoms with E-state index in [2.05, 4.69) is 16.0 Å². The minimum absolute atomic E-state index is 0.0143. The molecule has 0 spiro atoms. The fraction of sp³-hybridized carbons (Fsp3) is 0.591. The third kappa shape index (κ3) is 3.70. The van der Waals surface area contributed by atoms with Gasteiger partial charge < -0.3 is 20.7 Å². The normalized spacial score (nSPS) is 31.8. The molecule has 0 unspecified atom stereocenters. The van der Waals surface area contributed by atoms with Gasteiger partial charge in [-0.2, -0.15) is 0 Å². The van der Waals surface area contributed by atoms with Gasteiger partial charge in [0, 0.05) is 25.1 Å². The van der Waals surface area contributed by atoms with Crippen molar-refractivity contribution >= 4 is 29.1 Å². The zero-order valence-electron chi connectivity index (χ0n) is 17.3. The number of rotatable bonds is 5. The number of hydrogen-bond acceptors (Lipinski definition) is 4. The van der Waals surface area contributed by atoms with Crippen LogP contribution in [0.4, 0.5) is 11.4 Å². The summed E-state index contributed by atoms with van der Waals surface area (Å²) in [5.41, 5.74) is 0.429. The molecule has 4 fully saturated rings. The Morgan fingerprint density at radius 1 is 1.00 bits per heavy atom. The van der Waals surface area contributed by atoms with E-state index in [9.17, 15) is 14.4 Å². The third-order valence-corrected chi connectivity index (χ3v) is 6.75. The van der Waals surface area contributed by atoms with Gasteiger partial charge in [-0.1, -0.05) is 0 Å². The maximum Gasteiger partial charge on any atom is 0.230 e. The van der Waals surface area contributed by atoms with Gasteiger partial charge in [-0.3, -0.25) is 14.4 Å². The third-order valence-electron chi connectivity index (χ3n) is 6.75. The Morgan fingerprint density at radius 2 is 1.69 bits per heavy atom. The van der Waals surface area contributed by atoms with Crippen LogP contribution < -0.4 is 20.7 Å². The smallest absolute Gasteiger partial charge is 0.230 e. The van der Waals surface area contributed by atoms with E-state index < -0.39 is 5.41 Å². The molecule has 0 radical (unpaired) electrons. The van der Waals surface area contributed by atoms with E-state index in [4.69, 9.17) is 4.74 Å². The highest BCUT2D eigenvalue weighted by Crippen LogP contribution is 2.62. The molecule has 0 saturated heterocycles. The van der Waals surface area contributed by atoms with Crippen LogP contribution in [0.5, 0.6) is 5.75 Å². The van der Waals surface area contributed by atoms with Gasteiger partial charge in [0.15, 0.2) is 0 Å². The summed E-state index contributed by atoms with van der Waals surface area (Å²) in [5, 5.41) is 9.01. The maximum atomic E-state index is 13.5. The molecule has 4 aliphatic carbocycles. The molecule has 5 rings (SSSR count). The molecule has 2 atom stereocenters. The van der Waals surface area contributed by atoms with Gasteiger partial charge in [-0.05, 0) is 68.6 Å². The lowest BCUT2D eigenvalue weighted by atomic mass is 9.46. The molecule has 3 N–H and O–H groups in total. The van der Waals surface area contributed by atoms with E-state index in [-0.39, 0.29) is 23.3 Å². The van der Waals surface area contributed by atoms with Crippen molar-refractivity contribution in [3.8, 4) is 5.75 Å². The topological polar surface area (TPSA) is 96.5 Å². The van der Waals surface area contributed by atoms with Crippen molar-refractivity contribution in [3.05, 3.63) is 18.2 Å². The maximum absolute atomic E-state index is 13.5. The molecule has 4 bridgehead atoms. The summed E-state index contributed by atoms with van der Waals surface area (Å²) >= 11 is 0. The molecule has 0 heterocycles. The molecule has 4 saturated carbocycles.